The lowest BCUT2D eigenvalue weighted by Crippen LogP contribution is -2.35. The van der Waals surface area contributed by atoms with Crippen LogP contribution in [0.25, 0.3) is 11.1 Å². The molecule has 0 saturated carbocycles. The van der Waals surface area contributed by atoms with Crippen molar-refractivity contribution in [2.24, 2.45) is 0 Å². The Labute approximate surface area is 126 Å². The maximum atomic E-state index is 2.44. The number of nitrogens with zero attached hydrogens (tertiary/aromatic N) is 1. The van der Waals surface area contributed by atoms with E-state index in [0.717, 1.165) is 13.0 Å². The topological polar surface area (TPSA) is 3.24 Å². The highest BCUT2D eigenvalue weighted by molar-refractivity contribution is 8.93. The molecule has 1 heterocycles. The van der Waals surface area contributed by atoms with Crippen LogP contribution >= 0.6 is 17.0 Å². The van der Waals surface area contributed by atoms with Crippen molar-refractivity contribution in [2.75, 3.05) is 7.05 Å². The first-order chi connectivity index (χ1) is 8.75. The van der Waals surface area contributed by atoms with E-state index in [0.29, 0.717) is 6.04 Å². The van der Waals surface area contributed by atoms with Crippen LogP contribution in [0.3, 0.4) is 0 Å². The van der Waals surface area contributed by atoms with E-state index in [4.69, 9.17) is 0 Å². The average Bonchev–Trinajstić information content (AvgIpc) is 2.40. The minimum atomic E-state index is 0. The number of hydrogen-bond acceptors (Lipinski definition) is 1. The summed E-state index contributed by atoms with van der Waals surface area (Å²) in [7, 11) is 2.22. The lowest BCUT2D eigenvalue weighted by molar-refractivity contribution is 0.231. The zero-order valence-electron chi connectivity index (χ0n) is 11.5. The van der Waals surface area contributed by atoms with Gasteiger partial charge in [-0.05, 0) is 42.6 Å². The molecular weight excluding hydrogens is 298 g/mol. The SMILES string of the molecule is Br.CC1Cc2cccc(-c3ccccc3)c2CN1C. The van der Waals surface area contributed by atoms with Gasteiger partial charge in [-0.2, -0.15) is 0 Å². The molecule has 0 aromatic heterocycles. The molecular formula is C17H20BrN. The second-order valence-electron chi connectivity index (χ2n) is 5.28. The second-order valence-corrected chi connectivity index (χ2v) is 5.28. The van der Waals surface area contributed by atoms with E-state index in [1.54, 1.807) is 0 Å². The Morgan fingerprint density at radius 3 is 2.47 bits per heavy atom. The number of likely N-dealkylation sites (N-methyl/N-ethyl adjacent to an activating group) is 1. The second kappa shape index (κ2) is 5.89. The summed E-state index contributed by atoms with van der Waals surface area (Å²) >= 11 is 0. The van der Waals surface area contributed by atoms with Crippen molar-refractivity contribution >= 4 is 17.0 Å². The molecule has 0 saturated heterocycles. The maximum Gasteiger partial charge on any atom is 0.0242 e. The monoisotopic (exact) mass is 317 g/mol. The molecule has 2 aromatic carbocycles. The van der Waals surface area contributed by atoms with Crippen molar-refractivity contribution in [3.8, 4) is 11.1 Å². The molecule has 1 unspecified atom stereocenters. The summed E-state index contributed by atoms with van der Waals surface area (Å²) in [6.45, 7) is 3.36. The third kappa shape index (κ3) is 2.75. The standard InChI is InChI=1S/C17H19N.BrH/c1-13-11-15-9-6-10-16(17(15)12-18(13)2)14-7-4-3-5-8-14;/h3-10,13H,11-12H2,1-2H3;1H. The van der Waals surface area contributed by atoms with E-state index < -0.39 is 0 Å². The zero-order valence-corrected chi connectivity index (χ0v) is 13.2. The first-order valence-corrected chi connectivity index (χ1v) is 6.62. The van der Waals surface area contributed by atoms with Crippen LogP contribution in [0.5, 0.6) is 0 Å². The van der Waals surface area contributed by atoms with E-state index >= 15 is 0 Å². The smallest absolute Gasteiger partial charge is 0.0242 e. The summed E-state index contributed by atoms with van der Waals surface area (Å²) in [6.07, 6.45) is 1.16. The maximum absolute atomic E-state index is 2.44. The van der Waals surface area contributed by atoms with Gasteiger partial charge in [0.1, 0.15) is 0 Å². The molecule has 100 valence electrons. The lowest BCUT2D eigenvalue weighted by Gasteiger charge is -2.33. The fraction of sp³-hybridized carbons (Fsp3) is 0.294. The van der Waals surface area contributed by atoms with Crippen molar-refractivity contribution < 1.29 is 0 Å². The van der Waals surface area contributed by atoms with Crippen LogP contribution < -0.4 is 0 Å². The van der Waals surface area contributed by atoms with Gasteiger partial charge in [-0.15, -0.1) is 17.0 Å². The predicted molar refractivity (Wildman–Crippen MR) is 86.8 cm³/mol. The zero-order chi connectivity index (χ0) is 12.5. The fourth-order valence-corrected chi connectivity index (χ4v) is 2.78. The first-order valence-electron chi connectivity index (χ1n) is 6.62. The number of fused-ring (bicyclic) bond motifs is 1. The van der Waals surface area contributed by atoms with Crippen LogP contribution in [0.15, 0.2) is 48.5 Å². The van der Waals surface area contributed by atoms with Gasteiger partial charge in [-0.1, -0.05) is 48.5 Å². The first kappa shape index (κ1) is 14.3. The third-order valence-corrected chi connectivity index (χ3v) is 4.03. The van der Waals surface area contributed by atoms with E-state index in [2.05, 4.69) is 67.4 Å². The molecule has 0 radical (unpaired) electrons. The predicted octanol–water partition coefficient (Wildman–Crippen LogP) is 4.31. The quantitative estimate of drug-likeness (QED) is 0.757. The largest absolute Gasteiger partial charge is 0.299 e. The molecule has 1 aliphatic rings. The Bertz CT molecular complexity index is 550. The van der Waals surface area contributed by atoms with Crippen molar-refractivity contribution in [3.63, 3.8) is 0 Å². The molecule has 0 N–H and O–H groups in total. The summed E-state index contributed by atoms with van der Waals surface area (Å²) in [5.74, 6) is 0. The Kier molecular flexibility index (Phi) is 4.43. The van der Waals surface area contributed by atoms with Gasteiger partial charge >= 0.3 is 0 Å². The molecule has 3 rings (SSSR count). The van der Waals surface area contributed by atoms with Crippen LogP contribution in [0.4, 0.5) is 0 Å². The Morgan fingerprint density at radius 2 is 1.74 bits per heavy atom. The lowest BCUT2D eigenvalue weighted by atomic mass is 9.89. The molecule has 19 heavy (non-hydrogen) atoms. The van der Waals surface area contributed by atoms with Gasteiger partial charge in [-0.25, -0.2) is 0 Å². The minimum absolute atomic E-state index is 0. The molecule has 0 spiro atoms. The Hall–Kier alpha value is -1.12. The van der Waals surface area contributed by atoms with Crippen LogP contribution in [0.1, 0.15) is 18.1 Å². The number of halogens is 1. The van der Waals surface area contributed by atoms with E-state index in [1.807, 2.05) is 0 Å². The van der Waals surface area contributed by atoms with Gasteiger partial charge in [0.2, 0.25) is 0 Å². The van der Waals surface area contributed by atoms with Gasteiger partial charge in [0.15, 0.2) is 0 Å². The van der Waals surface area contributed by atoms with Crippen LogP contribution in [-0.2, 0) is 13.0 Å². The van der Waals surface area contributed by atoms with Crippen molar-refractivity contribution in [1.82, 2.24) is 4.90 Å². The highest BCUT2D eigenvalue weighted by atomic mass is 79.9. The van der Waals surface area contributed by atoms with Crippen LogP contribution in [-0.4, -0.2) is 18.0 Å². The highest BCUT2D eigenvalue weighted by Crippen LogP contribution is 2.31. The normalized spacial score (nSPS) is 18.5. The summed E-state index contributed by atoms with van der Waals surface area (Å²) in [5, 5.41) is 0. The highest BCUT2D eigenvalue weighted by Gasteiger charge is 2.21. The fourth-order valence-electron chi connectivity index (χ4n) is 2.78. The van der Waals surface area contributed by atoms with Gasteiger partial charge < -0.3 is 0 Å². The van der Waals surface area contributed by atoms with Gasteiger partial charge in [0.05, 0.1) is 0 Å². The summed E-state index contributed by atoms with van der Waals surface area (Å²) < 4.78 is 0. The van der Waals surface area contributed by atoms with E-state index in [1.165, 1.54) is 22.3 Å². The minimum Gasteiger partial charge on any atom is -0.299 e. The van der Waals surface area contributed by atoms with Crippen molar-refractivity contribution in [2.45, 2.75) is 25.9 Å². The molecule has 1 atom stereocenters. The third-order valence-electron chi connectivity index (χ3n) is 4.03. The van der Waals surface area contributed by atoms with Gasteiger partial charge in [0, 0.05) is 12.6 Å². The molecule has 0 aliphatic carbocycles. The van der Waals surface area contributed by atoms with Gasteiger partial charge in [0.25, 0.3) is 0 Å². The van der Waals surface area contributed by atoms with E-state index in [-0.39, 0.29) is 17.0 Å². The molecule has 0 amide bonds. The number of rotatable bonds is 1. The number of benzene rings is 2. The summed E-state index contributed by atoms with van der Waals surface area (Å²) in [5.41, 5.74) is 5.75. The number of hydrogen-bond donors (Lipinski definition) is 0. The molecule has 2 aromatic rings. The van der Waals surface area contributed by atoms with Crippen molar-refractivity contribution in [3.05, 3.63) is 59.7 Å². The van der Waals surface area contributed by atoms with Gasteiger partial charge in [-0.3, -0.25) is 4.90 Å². The summed E-state index contributed by atoms with van der Waals surface area (Å²) in [6, 6.07) is 18.1. The Morgan fingerprint density at radius 1 is 1.00 bits per heavy atom. The molecule has 1 aliphatic heterocycles. The van der Waals surface area contributed by atoms with Crippen LogP contribution in [0.2, 0.25) is 0 Å². The van der Waals surface area contributed by atoms with Crippen molar-refractivity contribution in [1.29, 1.82) is 0 Å². The molecule has 0 bridgehead atoms. The molecule has 1 nitrogen and oxygen atoms in total. The molecule has 0 fully saturated rings. The van der Waals surface area contributed by atoms with Crippen LogP contribution in [0, 0.1) is 0 Å². The molecule has 2 heteroatoms. The Balaban J connectivity index is 0.00000133. The van der Waals surface area contributed by atoms with E-state index in [9.17, 15) is 0 Å². The summed E-state index contributed by atoms with van der Waals surface area (Å²) in [4.78, 5) is 2.44. The average molecular weight is 318 g/mol.